The van der Waals surface area contributed by atoms with E-state index in [9.17, 15) is 9.18 Å². The molecular formula is C35H31FN2O3S. The van der Waals surface area contributed by atoms with E-state index < -0.39 is 0 Å². The van der Waals surface area contributed by atoms with Crippen molar-refractivity contribution in [2.24, 2.45) is 4.99 Å². The zero-order valence-corrected chi connectivity index (χ0v) is 24.2. The average molecular weight is 579 g/mol. The van der Waals surface area contributed by atoms with Crippen LogP contribution in [0.2, 0.25) is 0 Å². The Kier molecular flexibility index (Phi) is 8.40. The molecule has 0 spiro atoms. The third kappa shape index (κ3) is 5.98. The zero-order valence-electron chi connectivity index (χ0n) is 23.4. The van der Waals surface area contributed by atoms with E-state index in [1.165, 1.54) is 11.6 Å². The summed E-state index contributed by atoms with van der Waals surface area (Å²) in [6, 6.07) is 28.9. The number of carbonyl (C=O) groups excluding carboxylic acids is 1. The largest absolute Gasteiger partial charge is 0.488 e. The van der Waals surface area contributed by atoms with Gasteiger partial charge in [-0.15, -0.1) is 11.3 Å². The van der Waals surface area contributed by atoms with Crippen LogP contribution in [-0.2, 0) is 30.9 Å². The molecule has 0 radical (unpaired) electrons. The molecule has 2 heterocycles. The first kappa shape index (κ1) is 27.8. The Balaban J connectivity index is 1.34. The highest BCUT2D eigenvalue weighted by atomic mass is 32.1. The van der Waals surface area contributed by atoms with Crippen molar-refractivity contribution in [1.29, 1.82) is 0 Å². The molecule has 5 nitrogen and oxygen atoms in total. The van der Waals surface area contributed by atoms with Crippen molar-refractivity contribution < 1.29 is 18.7 Å². The third-order valence-electron chi connectivity index (χ3n) is 7.43. The number of halogens is 1. The second-order valence-corrected chi connectivity index (χ2v) is 11.3. The molecule has 0 fully saturated rings. The van der Waals surface area contributed by atoms with Gasteiger partial charge in [0.15, 0.2) is 0 Å². The SMILES string of the molecule is CCOC(=O)c1c(N=Cc2c(OCc3ccccc3F)ccc3ccccc23)sc2c1CCN(Cc1ccccc1)C2. The van der Waals surface area contributed by atoms with Gasteiger partial charge in [0.05, 0.1) is 12.2 Å². The monoisotopic (exact) mass is 578 g/mol. The lowest BCUT2D eigenvalue weighted by Crippen LogP contribution is -2.29. The molecule has 0 unspecified atom stereocenters. The predicted molar refractivity (Wildman–Crippen MR) is 166 cm³/mol. The van der Waals surface area contributed by atoms with E-state index in [0.29, 0.717) is 28.5 Å². The second kappa shape index (κ2) is 12.7. The van der Waals surface area contributed by atoms with Crippen LogP contribution in [0, 0.1) is 5.82 Å². The Morgan fingerprint density at radius 2 is 1.79 bits per heavy atom. The first-order valence-electron chi connectivity index (χ1n) is 14.1. The van der Waals surface area contributed by atoms with Crippen LogP contribution in [0.4, 0.5) is 9.39 Å². The van der Waals surface area contributed by atoms with Crippen LogP contribution in [0.15, 0.2) is 96.0 Å². The van der Waals surface area contributed by atoms with Crippen LogP contribution in [0.25, 0.3) is 10.8 Å². The van der Waals surface area contributed by atoms with Crippen molar-refractivity contribution in [2.75, 3.05) is 13.2 Å². The summed E-state index contributed by atoms with van der Waals surface area (Å²) in [5.41, 5.74) is 4.10. The van der Waals surface area contributed by atoms with Gasteiger partial charge in [0.1, 0.15) is 23.2 Å². The number of benzene rings is 4. The van der Waals surface area contributed by atoms with Crippen LogP contribution in [0.3, 0.4) is 0 Å². The summed E-state index contributed by atoms with van der Waals surface area (Å²) in [5.74, 6) is -0.0561. The van der Waals surface area contributed by atoms with Crippen LogP contribution in [0.1, 0.15) is 44.4 Å². The smallest absolute Gasteiger partial charge is 0.341 e. The normalized spacial score (nSPS) is 13.4. The van der Waals surface area contributed by atoms with E-state index >= 15 is 0 Å². The van der Waals surface area contributed by atoms with Crippen molar-refractivity contribution in [2.45, 2.75) is 33.0 Å². The Hall–Kier alpha value is -4.33. The van der Waals surface area contributed by atoms with E-state index in [4.69, 9.17) is 14.5 Å². The van der Waals surface area contributed by atoms with Gasteiger partial charge >= 0.3 is 5.97 Å². The van der Waals surface area contributed by atoms with Gasteiger partial charge in [-0.05, 0) is 47.4 Å². The molecule has 1 aliphatic rings. The summed E-state index contributed by atoms with van der Waals surface area (Å²) in [6.45, 7) is 4.66. The van der Waals surface area contributed by atoms with Gasteiger partial charge in [-0.25, -0.2) is 14.2 Å². The molecule has 0 bridgehead atoms. The maximum atomic E-state index is 14.3. The molecule has 5 aromatic rings. The molecule has 0 N–H and O–H groups in total. The maximum absolute atomic E-state index is 14.3. The molecule has 1 aliphatic heterocycles. The zero-order chi connectivity index (χ0) is 28.9. The van der Waals surface area contributed by atoms with Gasteiger partial charge in [0.2, 0.25) is 0 Å². The first-order valence-corrected chi connectivity index (χ1v) is 14.9. The number of hydrogen-bond acceptors (Lipinski definition) is 6. The van der Waals surface area contributed by atoms with Gasteiger partial charge in [-0.1, -0.05) is 78.9 Å². The Labute approximate surface area is 248 Å². The minimum atomic E-state index is -0.340. The summed E-state index contributed by atoms with van der Waals surface area (Å²) in [7, 11) is 0. The maximum Gasteiger partial charge on any atom is 0.341 e. The number of nitrogens with zero attached hydrogens (tertiary/aromatic N) is 2. The van der Waals surface area contributed by atoms with Crippen molar-refractivity contribution >= 4 is 39.3 Å². The third-order valence-corrected chi connectivity index (χ3v) is 8.55. The molecule has 0 amide bonds. The molecule has 0 saturated carbocycles. The summed E-state index contributed by atoms with van der Waals surface area (Å²) in [6.07, 6.45) is 2.52. The van der Waals surface area contributed by atoms with Gasteiger partial charge in [0.25, 0.3) is 0 Å². The van der Waals surface area contributed by atoms with Crippen molar-refractivity contribution in [3.05, 3.63) is 130 Å². The molecule has 0 atom stereocenters. The highest BCUT2D eigenvalue weighted by Gasteiger charge is 2.29. The van der Waals surface area contributed by atoms with Crippen molar-refractivity contribution in [1.82, 2.24) is 4.90 Å². The second-order valence-electron chi connectivity index (χ2n) is 10.2. The highest BCUT2D eigenvalue weighted by molar-refractivity contribution is 7.16. The Morgan fingerprint density at radius 3 is 2.62 bits per heavy atom. The molecule has 0 aliphatic carbocycles. The summed E-state index contributed by atoms with van der Waals surface area (Å²) < 4.78 is 25.9. The number of esters is 1. The number of ether oxygens (including phenoxy) is 2. The van der Waals surface area contributed by atoms with E-state index in [2.05, 4.69) is 29.2 Å². The van der Waals surface area contributed by atoms with Crippen molar-refractivity contribution in [3.8, 4) is 5.75 Å². The van der Waals surface area contributed by atoms with Crippen LogP contribution in [-0.4, -0.2) is 30.2 Å². The molecule has 6 rings (SSSR count). The standard InChI is InChI=1S/C35H31FN2O3S/c1-2-40-35(39)33-28-18-19-38(21-24-10-4-3-5-11-24)22-32(28)42-34(33)37-20-29-27-14-8-6-12-25(27)16-17-31(29)41-23-26-13-7-9-15-30(26)36/h3-17,20H,2,18-19,21-23H2,1H3. The van der Waals surface area contributed by atoms with Crippen molar-refractivity contribution in [3.63, 3.8) is 0 Å². The molecule has 1 aromatic heterocycles. The number of aliphatic imine (C=N–C) groups is 1. The minimum absolute atomic E-state index is 0.0878. The van der Waals surface area contributed by atoms with E-state index in [1.807, 2.05) is 49.4 Å². The number of rotatable bonds is 9. The fourth-order valence-corrected chi connectivity index (χ4v) is 6.57. The van der Waals surface area contributed by atoms with Gasteiger partial charge < -0.3 is 9.47 Å². The molecular weight excluding hydrogens is 547 g/mol. The fraction of sp³-hybridized carbons (Fsp3) is 0.200. The predicted octanol–water partition coefficient (Wildman–Crippen LogP) is 8.11. The van der Waals surface area contributed by atoms with Crippen LogP contribution >= 0.6 is 11.3 Å². The van der Waals surface area contributed by atoms with Gasteiger partial charge in [0, 0.05) is 41.9 Å². The van der Waals surface area contributed by atoms with Gasteiger partial charge in [-0.2, -0.15) is 0 Å². The number of fused-ring (bicyclic) bond motifs is 2. The fourth-order valence-electron chi connectivity index (χ4n) is 5.35. The minimum Gasteiger partial charge on any atom is -0.488 e. The van der Waals surface area contributed by atoms with Gasteiger partial charge in [-0.3, -0.25) is 4.90 Å². The Bertz CT molecular complexity index is 1750. The first-order chi connectivity index (χ1) is 20.6. The molecule has 42 heavy (non-hydrogen) atoms. The topological polar surface area (TPSA) is 51.1 Å². The molecule has 212 valence electrons. The highest BCUT2D eigenvalue weighted by Crippen LogP contribution is 2.40. The number of carbonyl (C=O) groups is 1. The number of hydrogen-bond donors (Lipinski definition) is 0. The summed E-state index contributed by atoms with van der Waals surface area (Å²) >= 11 is 1.54. The van der Waals surface area contributed by atoms with E-state index in [1.54, 1.807) is 35.8 Å². The molecule has 7 heteroatoms. The Morgan fingerprint density at radius 1 is 1.00 bits per heavy atom. The summed E-state index contributed by atoms with van der Waals surface area (Å²) in [5, 5.41) is 2.62. The lowest BCUT2D eigenvalue weighted by atomic mass is 10.0. The average Bonchev–Trinajstić information content (AvgIpc) is 3.38. The lowest BCUT2D eigenvalue weighted by Gasteiger charge is -2.27. The number of thiophene rings is 1. The summed E-state index contributed by atoms with van der Waals surface area (Å²) in [4.78, 5) is 21.6. The molecule has 4 aromatic carbocycles. The van der Waals surface area contributed by atoms with E-state index in [0.717, 1.165) is 52.8 Å². The molecule has 0 saturated heterocycles. The lowest BCUT2D eigenvalue weighted by molar-refractivity contribution is 0.0526. The van der Waals surface area contributed by atoms with Crippen LogP contribution < -0.4 is 4.74 Å². The van der Waals surface area contributed by atoms with Crippen LogP contribution in [0.5, 0.6) is 5.75 Å². The van der Waals surface area contributed by atoms with E-state index in [-0.39, 0.29) is 18.4 Å². The quantitative estimate of drug-likeness (QED) is 0.131.